The van der Waals surface area contributed by atoms with E-state index >= 15 is 0 Å². The summed E-state index contributed by atoms with van der Waals surface area (Å²) in [5.41, 5.74) is -0.539. The summed E-state index contributed by atoms with van der Waals surface area (Å²) in [4.78, 5) is 3.31. The molecule has 108 valence electrons. The van der Waals surface area contributed by atoms with Crippen LogP contribution in [0.25, 0.3) is 0 Å². The zero-order valence-electron chi connectivity index (χ0n) is 10.1. The molecule has 21 heavy (non-hydrogen) atoms. The van der Waals surface area contributed by atoms with Gasteiger partial charge < -0.3 is 0 Å². The molecule has 1 heterocycles. The molecule has 1 N–H and O–H groups in total. The Morgan fingerprint density at radius 1 is 1.29 bits per heavy atom. The molecule has 0 aliphatic heterocycles. The Hall–Kier alpha value is -2.24. The van der Waals surface area contributed by atoms with E-state index in [2.05, 4.69) is 4.98 Å². The average Bonchev–Trinajstić information content (AvgIpc) is 2.43. The van der Waals surface area contributed by atoms with Crippen LogP contribution in [0.1, 0.15) is 5.69 Å². The van der Waals surface area contributed by atoms with Crippen molar-refractivity contribution in [2.75, 3.05) is 4.72 Å². The summed E-state index contributed by atoms with van der Waals surface area (Å²) in [5, 5.41) is 8.17. The predicted octanol–water partition coefficient (Wildman–Crippen LogP) is 2.69. The van der Waals surface area contributed by atoms with Crippen LogP contribution in [0.5, 0.6) is 0 Å². The summed E-state index contributed by atoms with van der Waals surface area (Å²) in [5.74, 6) is -2.08. The maximum Gasteiger partial charge on any atom is 0.263 e. The van der Waals surface area contributed by atoms with Gasteiger partial charge in [0.15, 0.2) is 5.82 Å². The lowest BCUT2D eigenvalue weighted by atomic mass is 10.3. The maximum atomic E-state index is 13.6. The lowest BCUT2D eigenvalue weighted by Gasteiger charge is -2.10. The number of halogens is 3. The Morgan fingerprint density at radius 3 is 2.52 bits per heavy atom. The van der Waals surface area contributed by atoms with Crippen molar-refractivity contribution in [2.24, 2.45) is 0 Å². The zero-order valence-corrected chi connectivity index (χ0v) is 11.7. The second-order valence-electron chi connectivity index (χ2n) is 3.84. The molecule has 0 radical (unpaired) electrons. The van der Waals surface area contributed by atoms with E-state index in [4.69, 9.17) is 16.9 Å². The summed E-state index contributed by atoms with van der Waals surface area (Å²) >= 11 is 5.61. The molecule has 1 aromatic heterocycles. The SMILES string of the molecule is N#Cc1ccc(S(=O)(=O)Nc2c(F)cc(F)cc2Cl)cn1. The van der Waals surface area contributed by atoms with Crippen molar-refractivity contribution in [1.82, 2.24) is 4.98 Å². The Labute approximate surface area is 123 Å². The largest absolute Gasteiger partial charge is 0.275 e. The second kappa shape index (κ2) is 5.63. The number of sulfonamides is 1. The molecular formula is C12H6ClF2N3O2S. The molecule has 0 aliphatic carbocycles. The van der Waals surface area contributed by atoms with Gasteiger partial charge in [0.1, 0.15) is 28.2 Å². The molecule has 0 fully saturated rings. The molecule has 1 aromatic carbocycles. The van der Waals surface area contributed by atoms with Crippen LogP contribution in [0.3, 0.4) is 0 Å². The van der Waals surface area contributed by atoms with Crippen LogP contribution in [-0.2, 0) is 10.0 Å². The predicted molar refractivity (Wildman–Crippen MR) is 71.1 cm³/mol. The van der Waals surface area contributed by atoms with Crippen molar-refractivity contribution in [3.8, 4) is 6.07 Å². The average molecular weight is 330 g/mol. The van der Waals surface area contributed by atoms with Gasteiger partial charge in [0.2, 0.25) is 0 Å². The van der Waals surface area contributed by atoms with Gasteiger partial charge in [0, 0.05) is 12.3 Å². The number of aromatic nitrogens is 1. The first kappa shape index (κ1) is 15.2. The Bertz CT molecular complexity index is 810. The van der Waals surface area contributed by atoms with Crippen molar-refractivity contribution in [1.29, 1.82) is 5.26 Å². The standard InChI is InChI=1S/C12H6ClF2N3O2S/c13-10-3-7(14)4-11(15)12(10)18-21(19,20)9-2-1-8(5-16)17-6-9/h1-4,6,18H. The van der Waals surface area contributed by atoms with Crippen molar-refractivity contribution in [3.05, 3.63) is 52.8 Å². The van der Waals surface area contributed by atoms with E-state index in [1.807, 2.05) is 4.72 Å². The fourth-order valence-electron chi connectivity index (χ4n) is 1.44. The number of benzene rings is 1. The number of rotatable bonds is 3. The Kier molecular flexibility index (Phi) is 4.06. The highest BCUT2D eigenvalue weighted by molar-refractivity contribution is 7.92. The molecule has 0 unspecified atom stereocenters. The molecule has 0 amide bonds. The number of nitrogens with one attached hydrogen (secondary N) is 1. The molecule has 9 heteroatoms. The molecule has 0 atom stereocenters. The van der Waals surface area contributed by atoms with E-state index in [9.17, 15) is 17.2 Å². The topological polar surface area (TPSA) is 82.8 Å². The van der Waals surface area contributed by atoms with Crippen LogP contribution in [0.15, 0.2) is 35.4 Å². The number of nitrogens with zero attached hydrogens (tertiary/aromatic N) is 2. The molecule has 5 nitrogen and oxygen atoms in total. The van der Waals surface area contributed by atoms with Crippen molar-refractivity contribution in [2.45, 2.75) is 4.90 Å². The third kappa shape index (κ3) is 3.26. The van der Waals surface area contributed by atoms with Gasteiger partial charge in [-0.2, -0.15) is 5.26 Å². The van der Waals surface area contributed by atoms with E-state index in [1.54, 1.807) is 6.07 Å². The number of hydrogen-bond acceptors (Lipinski definition) is 4. The summed E-state index contributed by atoms with van der Waals surface area (Å²) in [6, 6.07) is 5.33. The molecule has 0 spiro atoms. The first-order chi connectivity index (χ1) is 9.83. The normalized spacial score (nSPS) is 11.0. The Balaban J connectivity index is 2.40. The minimum absolute atomic E-state index is 0.0277. The summed E-state index contributed by atoms with van der Waals surface area (Å²) in [6.07, 6.45) is 0.941. The van der Waals surface area contributed by atoms with Gasteiger partial charge in [0.05, 0.1) is 5.02 Å². The molecule has 0 bridgehead atoms. The zero-order chi connectivity index (χ0) is 15.6. The van der Waals surface area contributed by atoms with E-state index in [-0.39, 0.29) is 10.6 Å². The third-order valence-corrected chi connectivity index (χ3v) is 4.04. The van der Waals surface area contributed by atoms with Crippen LogP contribution < -0.4 is 4.72 Å². The number of pyridine rings is 1. The summed E-state index contributed by atoms with van der Waals surface area (Å²) in [6.45, 7) is 0. The highest BCUT2D eigenvalue weighted by atomic mass is 35.5. The van der Waals surface area contributed by atoms with Crippen LogP contribution in [0, 0.1) is 23.0 Å². The van der Waals surface area contributed by atoms with E-state index in [1.165, 1.54) is 6.07 Å². The lowest BCUT2D eigenvalue weighted by molar-refractivity contribution is 0.583. The number of nitriles is 1. The van der Waals surface area contributed by atoms with E-state index in [0.29, 0.717) is 6.07 Å². The molecular weight excluding hydrogens is 324 g/mol. The quantitative estimate of drug-likeness (QED) is 0.938. The molecule has 0 aliphatic rings. The van der Waals surface area contributed by atoms with Gasteiger partial charge in [-0.3, -0.25) is 4.72 Å². The number of anilines is 1. The summed E-state index contributed by atoms with van der Waals surface area (Å²) < 4.78 is 52.5. The smallest absolute Gasteiger partial charge is 0.263 e. The van der Waals surface area contributed by atoms with Crippen LogP contribution >= 0.6 is 11.6 Å². The van der Waals surface area contributed by atoms with Crippen LogP contribution in [0.2, 0.25) is 5.02 Å². The van der Waals surface area contributed by atoms with Crippen LogP contribution in [-0.4, -0.2) is 13.4 Å². The molecule has 0 saturated heterocycles. The number of hydrogen-bond donors (Lipinski definition) is 1. The lowest BCUT2D eigenvalue weighted by Crippen LogP contribution is -2.15. The van der Waals surface area contributed by atoms with Gasteiger partial charge >= 0.3 is 0 Å². The monoisotopic (exact) mass is 329 g/mol. The van der Waals surface area contributed by atoms with Crippen molar-refractivity contribution < 1.29 is 17.2 Å². The minimum Gasteiger partial charge on any atom is -0.275 e. The van der Waals surface area contributed by atoms with Gasteiger partial charge in [-0.05, 0) is 18.2 Å². The van der Waals surface area contributed by atoms with Gasteiger partial charge in [-0.1, -0.05) is 11.6 Å². The van der Waals surface area contributed by atoms with Crippen LogP contribution in [0.4, 0.5) is 14.5 Å². The first-order valence-electron chi connectivity index (χ1n) is 5.37. The second-order valence-corrected chi connectivity index (χ2v) is 5.93. The highest BCUT2D eigenvalue weighted by Crippen LogP contribution is 2.28. The fraction of sp³-hybridized carbons (Fsp3) is 0. The summed E-state index contributed by atoms with van der Waals surface area (Å²) in [7, 11) is -4.16. The molecule has 0 saturated carbocycles. The maximum absolute atomic E-state index is 13.6. The van der Waals surface area contributed by atoms with Gasteiger partial charge in [0.25, 0.3) is 10.0 Å². The van der Waals surface area contributed by atoms with Gasteiger partial charge in [-0.25, -0.2) is 22.2 Å². The Morgan fingerprint density at radius 2 is 2.00 bits per heavy atom. The first-order valence-corrected chi connectivity index (χ1v) is 7.23. The van der Waals surface area contributed by atoms with Gasteiger partial charge in [-0.15, -0.1) is 0 Å². The highest BCUT2D eigenvalue weighted by Gasteiger charge is 2.19. The fourth-order valence-corrected chi connectivity index (χ4v) is 2.77. The van der Waals surface area contributed by atoms with Crippen molar-refractivity contribution >= 4 is 27.3 Å². The molecule has 2 rings (SSSR count). The molecule has 2 aromatic rings. The minimum atomic E-state index is -4.16. The van der Waals surface area contributed by atoms with E-state index < -0.39 is 32.4 Å². The third-order valence-electron chi connectivity index (χ3n) is 2.40. The van der Waals surface area contributed by atoms with E-state index in [0.717, 1.165) is 18.3 Å². The van der Waals surface area contributed by atoms with Crippen molar-refractivity contribution in [3.63, 3.8) is 0 Å².